The van der Waals surface area contributed by atoms with Crippen LogP contribution in [-0.2, 0) is 6.54 Å². The van der Waals surface area contributed by atoms with E-state index in [1.807, 2.05) is 18.4 Å². The Morgan fingerprint density at radius 2 is 2.43 bits per heavy atom. The predicted octanol–water partition coefficient (Wildman–Crippen LogP) is 2.54. The number of nitrogens with two attached hydrogens (primary N) is 1. The van der Waals surface area contributed by atoms with E-state index in [9.17, 15) is 0 Å². The summed E-state index contributed by atoms with van der Waals surface area (Å²) in [6.45, 7) is 2.54. The molecule has 0 fully saturated rings. The smallest absolute Gasteiger partial charge is 0.141 e. The van der Waals surface area contributed by atoms with Gasteiger partial charge in [0.25, 0.3) is 0 Å². The first kappa shape index (κ1) is 9.55. The first-order valence-corrected chi connectivity index (χ1v) is 5.45. The molecule has 2 aromatic rings. The fourth-order valence-corrected chi connectivity index (χ4v) is 2.07. The van der Waals surface area contributed by atoms with Crippen LogP contribution in [0.1, 0.15) is 10.6 Å². The first-order valence-electron chi connectivity index (χ1n) is 4.19. The van der Waals surface area contributed by atoms with E-state index < -0.39 is 0 Å². The molecule has 2 aromatic heterocycles. The number of hydrogen-bond donors (Lipinski definition) is 1. The van der Waals surface area contributed by atoms with E-state index in [4.69, 9.17) is 17.3 Å². The molecule has 0 bridgehead atoms. The summed E-state index contributed by atoms with van der Waals surface area (Å²) in [5.41, 5.74) is 6.57. The van der Waals surface area contributed by atoms with E-state index in [0.29, 0.717) is 17.4 Å². The number of thiophene rings is 1. The van der Waals surface area contributed by atoms with Crippen molar-refractivity contribution < 1.29 is 0 Å². The zero-order valence-electron chi connectivity index (χ0n) is 7.70. The number of rotatable bonds is 2. The fourth-order valence-electron chi connectivity index (χ4n) is 1.25. The number of halogens is 1. The predicted molar refractivity (Wildman–Crippen MR) is 59.8 cm³/mol. The third kappa shape index (κ3) is 1.63. The number of nitrogen functional groups attached to an aromatic ring is 1. The van der Waals surface area contributed by atoms with Gasteiger partial charge in [-0.15, -0.1) is 11.3 Å². The molecule has 5 heteroatoms. The summed E-state index contributed by atoms with van der Waals surface area (Å²) in [6, 6.07) is 4.06. The van der Waals surface area contributed by atoms with Crippen LogP contribution >= 0.6 is 22.9 Å². The second-order valence-corrected chi connectivity index (χ2v) is 4.43. The Hall–Kier alpha value is -1.00. The number of aryl methyl sites for hydroxylation is 1. The summed E-state index contributed by atoms with van der Waals surface area (Å²) in [4.78, 5) is 1.22. The van der Waals surface area contributed by atoms with E-state index in [0.717, 1.165) is 5.69 Å². The maximum atomic E-state index is 5.93. The largest absolute Gasteiger partial charge is 0.383 e. The lowest BCUT2D eigenvalue weighted by Gasteiger charge is -2.00. The van der Waals surface area contributed by atoms with Gasteiger partial charge in [-0.1, -0.05) is 17.7 Å². The third-order valence-corrected chi connectivity index (χ3v) is 3.31. The van der Waals surface area contributed by atoms with Crippen LogP contribution in [0.5, 0.6) is 0 Å². The van der Waals surface area contributed by atoms with E-state index in [-0.39, 0.29) is 0 Å². The molecule has 0 aliphatic rings. The van der Waals surface area contributed by atoms with Crippen LogP contribution in [0, 0.1) is 6.92 Å². The van der Waals surface area contributed by atoms with Gasteiger partial charge in [0.05, 0.1) is 12.2 Å². The Morgan fingerprint density at radius 1 is 1.64 bits per heavy atom. The van der Waals surface area contributed by atoms with Crippen LogP contribution in [0.15, 0.2) is 17.5 Å². The summed E-state index contributed by atoms with van der Waals surface area (Å²) in [6.07, 6.45) is 0. The molecule has 0 radical (unpaired) electrons. The molecule has 74 valence electrons. The Bertz CT molecular complexity index is 433. The molecule has 0 spiro atoms. The van der Waals surface area contributed by atoms with Gasteiger partial charge in [-0.2, -0.15) is 5.10 Å². The van der Waals surface area contributed by atoms with Crippen LogP contribution in [0.2, 0.25) is 5.02 Å². The second kappa shape index (κ2) is 3.63. The quantitative estimate of drug-likeness (QED) is 0.857. The van der Waals surface area contributed by atoms with Crippen molar-refractivity contribution in [1.82, 2.24) is 9.78 Å². The van der Waals surface area contributed by atoms with Crippen molar-refractivity contribution in [3.63, 3.8) is 0 Å². The van der Waals surface area contributed by atoms with Crippen molar-refractivity contribution in [2.24, 2.45) is 0 Å². The van der Waals surface area contributed by atoms with Crippen molar-refractivity contribution in [3.05, 3.63) is 33.1 Å². The molecule has 0 unspecified atom stereocenters. The highest BCUT2D eigenvalue weighted by Crippen LogP contribution is 2.23. The minimum atomic E-state index is 0.539. The van der Waals surface area contributed by atoms with Crippen LogP contribution in [0.4, 0.5) is 5.82 Å². The maximum absolute atomic E-state index is 5.93. The molecule has 0 saturated carbocycles. The molecule has 0 atom stereocenters. The molecule has 2 rings (SSSR count). The summed E-state index contributed by atoms with van der Waals surface area (Å²) < 4.78 is 1.73. The monoisotopic (exact) mass is 227 g/mol. The molecule has 0 amide bonds. The highest BCUT2D eigenvalue weighted by atomic mass is 35.5. The standard InChI is InChI=1S/C9H10ClN3S/c1-6-8(10)9(11)13(12-6)5-7-3-2-4-14-7/h2-4H,5,11H2,1H3. The van der Waals surface area contributed by atoms with E-state index >= 15 is 0 Å². The number of nitrogens with zero attached hydrogens (tertiary/aromatic N) is 2. The molecule has 0 aromatic carbocycles. The lowest BCUT2D eigenvalue weighted by atomic mass is 10.4. The summed E-state index contributed by atoms with van der Waals surface area (Å²) in [5, 5.41) is 6.84. The van der Waals surface area contributed by atoms with Gasteiger partial charge in [0.2, 0.25) is 0 Å². The summed E-state index contributed by atoms with van der Waals surface area (Å²) >= 11 is 7.62. The molecular weight excluding hydrogens is 218 g/mol. The second-order valence-electron chi connectivity index (χ2n) is 3.02. The van der Waals surface area contributed by atoms with Gasteiger partial charge in [-0.3, -0.25) is 0 Å². The van der Waals surface area contributed by atoms with Crippen LogP contribution in [0.25, 0.3) is 0 Å². The van der Waals surface area contributed by atoms with Gasteiger partial charge in [-0.05, 0) is 18.4 Å². The molecule has 0 aliphatic heterocycles. The molecular formula is C9H10ClN3S. The summed E-state index contributed by atoms with van der Waals surface area (Å²) in [7, 11) is 0. The molecule has 2 N–H and O–H groups in total. The van der Waals surface area contributed by atoms with Crippen molar-refractivity contribution in [2.45, 2.75) is 13.5 Å². The molecule has 0 aliphatic carbocycles. The first-order chi connectivity index (χ1) is 6.68. The van der Waals surface area contributed by atoms with Gasteiger partial charge in [0.15, 0.2) is 0 Å². The Morgan fingerprint density at radius 3 is 2.93 bits per heavy atom. The van der Waals surface area contributed by atoms with Gasteiger partial charge >= 0.3 is 0 Å². The van der Waals surface area contributed by atoms with E-state index in [2.05, 4.69) is 11.2 Å². The third-order valence-electron chi connectivity index (χ3n) is 1.98. The Kier molecular flexibility index (Phi) is 2.48. The van der Waals surface area contributed by atoms with Gasteiger partial charge in [-0.25, -0.2) is 4.68 Å². The molecule has 2 heterocycles. The van der Waals surface area contributed by atoms with Crippen molar-refractivity contribution in [1.29, 1.82) is 0 Å². The summed E-state index contributed by atoms with van der Waals surface area (Å²) in [5.74, 6) is 0.539. The highest BCUT2D eigenvalue weighted by Gasteiger charge is 2.10. The van der Waals surface area contributed by atoms with E-state index in [1.165, 1.54) is 4.88 Å². The van der Waals surface area contributed by atoms with Crippen molar-refractivity contribution in [2.75, 3.05) is 5.73 Å². The Labute approximate surface area is 91.1 Å². The lowest BCUT2D eigenvalue weighted by Crippen LogP contribution is -2.04. The number of aromatic nitrogens is 2. The highest BCUT2D eigenvalue weighted by molar-refractivity contribution is 7.09. The van der Waals surface area contributed by atoms with Crippen LogP contribution < -0.4 is 5.73 Å². The van der Waals surface area contributed by atoms with E-state index in [1.54, 1.807) is 16.0 Å². The van der Waals surface area contributed by atoms with Crippen LogP contribution in [0.3, 0.4) is 0 Å². The van der Waals surface area contributed by atoms with Gasteiger partial charge in [0.1, 0.15) is 10.8 Å². The van der Waals surface area contributed by atoms with Gasteiger partial charge < -0.3 is 5.73 Å². The van der Waals surface area contributed by atoms with Gasteiger partial charge in [0, 0.05) is 4.88 Å². The molecule has 14 heavy (non-hydrogen) atoms. The van der Waals surface area contributed by atoms with Crippen molar-refractivity contribution >= 4 is 28.8 Å². The average molecular weight is 228 g/mol. The molecule has 0 saturated heterocycles. The van der Waals surface area contributed by atoms with Crippen LogP contribution in [-0.4, -0.2) is 9.78 Å². The average Bonchev–Trinajstić information content (AvgIpc) is 2.73. The zero-order valence-corrected chi connectivity index (χ0v) is 9.27. The normalized spacial score (nSPS) is 10.7. The minimum absolute atomic E-state index is 0.539. The minimum Gasteiger partial charge on any atom is -0.383 e. The zero-order chi connectivity index (χ0) is 10.1. The Balaban J connectivity index is 2.30. The number of anilines is 1. The maximum Gasteiger partial charge on any atom is 0.141 e. The topological polar surface area (TPSA) is 43.8 Å². The fraction of sp³-hybridized carbons (Fsp3) is 0.222. The molecule has 3 nitrogen and oxygen atoms in total. The number of hydrogen-bond acceptors (Lipinski definition) is 3. The lowest BCUT2D eigenvalue weighted by molar-refractivity contribution is 0.697. The van der Waals surface area contributed by atoms with Crippen molar-refractivity contribution in [3.8, 4) is 0 Å². The SMILES string of the molecule is Cc1nn(Cc2cccs2)c(N)c1Cl.